The molecule has 20 heteroatoms. The number of hydrogen-bond donors (Lipinski definition) is 9. The summed E-state index contributed by atoms with van der Waals surface area (Å²) in [6.45, 7) is 4.31. The number of carboxylic acids is 1. The minimum absolute atomic E-state index is 0.00957. The van der Waals surface area contributed by atoms with Crippen molar-refractivity contribution in [1.82, 2.24) is 30.8 Å². The van der Waals surface area contributed by atoms with Crippen molar-refractivity contribution in [3.63, 3.8) is 0 Å². The summed E-state index contributed by atoms with van der Waals surface area (Å²) in [4.78, 5) is 79.7. The molecule has 1 aromatic heterocycles. The Labute approximate surface area is 393 Å². The summed E-state index contributed by atoms with van der Waals surface area (Å²) in [5.74, 6) is -3.84. The highest BCUT2D eigenvalue weighted by Crippen LogP contribution is 2.48. The van der Waals surface area contributed by atoms with Gasteiger partial charge in [-0.05, 0) is 86.0 Å². The number of rotatable bonds is 18. The predicted molar refractivity (Wildman–Crippen MR) is 250 cm³/mol. The highest BCUT2D eigenvalue weighted by molar-refractivity contribution is 6.00. The molecule has 2 heterocycles. The van der Waals surface area contributed by atoms with Crippen LogP contribution in [0.2, 0.25) is 0 Å². The Morgan fingerprint density at radius 2 is 1.59 bits per heavy atom. The molecule has 2 aliphatic rings. The Morgan fingerprint density at radius 1 is 0.926 bits per heavy atom. The number of nitrogens with zero attached hydrogens (tertiary/aromatic N) is 3. The Kier molecular flexibility index (Phi) is 16.4. The zero-order chi connectivity index (χ0) is 49.4. The van der Waals surface area contributed by atoms with E-state index in [-0.39, 0.29) is 90.6 Å². The van der Waals surface area contributed by atoms with E-state index in [2.05, 4.69) is 45.0 Å². The fraction of sp³-hybridized carbons (Fsp3) is 0.438. The lowest BCUT2D eigenvalue weighted by atomic mass is 9.93. The van der Waals surface area contributed by atoms with Gasteiger partial charge in [0.2, 0.25) is 17.7 Å². The molecule has 0 spiro atoms. The summed E-state index contributed by atoms with van der Waals surface area (Å²) in [6.07, 6.45) is 1.18. The van der Waals surface area contributed by atoms with Crippen molar-refractivity contribution in [3.8, 4) is 39.8 Å². The standard InChI is InChI=1S/C48H61N9O11/c1-25-35(22-52-42(53-25)28-7-9-30(10-8-28)48(3)13-14-48)44(61)55-36(12-15-49)46(63)57(4)40-29-18-34(41(66-5)39(19-29)68-24-32(59)21-51)33-16-27(6-11-38(33)67-23-31(58)20-50)17-37(47(64)65)56-43(60)26(2)54-45(40)62/h6-11,16,18-19,22,26,31-32,36-37,40,58-59H,12-15,17,20-21,23-24,49-51H2,1-5H3,(H,54,62)(H,55,61)(H,56,60)(H,64,65)/t26-,31+,32+,36-,37-,40-/m0/s1. The molecule has 20 nitrogen and oxygen atoms in total. The smallest absolute Gasteiger partial charge is 0.326 e. The molecule has 364 valence electrons. The lowest BCUT2D eigenvalue weighted by Gasteiger charge is -2.33. The number of benzene rings is 3. The number of methoxy groups -OCH3 is 1. The van der Waals surface area contributed by atoms with Crippen LogP contribution in [0.4, 0.5) is 0 Å². The van der Waals surface area contributed by atoms with Crippen LogP contribution < -0.4 is 47.4 Å². The number of aryl methyl sites for hydroxylation is 1. The topological polar surface area (TPSA) is 317 Å². The summed E-state index contributed by atoms with van der Waals surface area (Å²) < 4.78 is 18.0. The van der Waals surface area contributed by atoms with Crippen LogP contribution in [0, 0.1) is 6.92 Å². The van der Waals surface area contributed by atoms with Crippen molar-refractivity contribution in [1.29, 1.82) is 0 Å². The fourth-order valence-corrected chi connectivity index (χ4v) is 7.85. The molecule has 3 aromatic carbocycles. The SMILES string of the molecule is COc1c(OC[C@H](O)CN)cc2cc1-c1cc(ccc1OC[C@H](O)CN)C[C@@H](C(=O)O)NC(=O)[C@H](C)NC(=O)[C@H]2N(C)C(=O)[C@H](CCN)NC(=O)c1cnc(-c2ccc(C3(C)CC3)cc2)nc1C. The van der Waals surface area contributed by atoms with E-state index in [1.165, 1.54) is 45.0 Å². The number of aromatic nitrogens is 2. The molecule has 1 aliphatic heterocycles. The van der Waals surface area contributed by atoms with Crippen LogP contribution in [0.3, 0.4) is 0 Å². The van der Waals surface area contributed by atoms with Gasteiger partial charge in [0.1, 0.15) is 55.3 Å². The van der Waals surface area contributed by atoms with Gasteiger partial charge < -0.3 is 67.6 Å². The maximum atomic E-state index is 14.8. The number of aliphatic hydroxyl groups excluding tert-OH is 2. The lowest BCUT2D eigenvalue weighted by molar-refractivity contribution is -0.143. The van der Waals surface area contributed by atoms with Crippen LogP contribution in [0.25, 0.3) is 22.5 Å². The first-order chi connectivity index (χ1) is 32.4. The summed E-state index contributed by atoms with van der Waals surface area (Å²) in [7, 11) is 2.69. The average Bonchev–Trinajstić information content (AvgIpc) is 4.09. The van der Waals surface area contributed by atoms with Crippen LogP contribution in [-0.4, -0.2) is 137 Å². The minimum atomic E-state index is -1.59. The van der Waals surface area contributed by atoms with E-state index in [1.54, 1.807) is 25.1 Å². The number of ether oxygens (including phenoxy) is 3. The third kappa shape index (κ3) is 11.7. The number of hydrogen-bond acceptors (Lipinski definition) is 15. The number of likely N-dealkylation sites (N-methyl/N-ethyl adjacent to an activating group) is 1. The van der Waals surface area contributed by atoms with Crippen molar-refractivity contribution in [2.75, 3.05) is 47.0 Å². The maximum absolute atomic E-state index is 14.8. The molecule has 1 aliphatic carbocycles. The van der Waals surface area contributed by atoms with E-state index < -0.39 is 66.0 Å². The van der Waals surface area contributed by atoms with Crippen LogP contribution in [-0.2, 0) is 31.0 Å². The third-order valence-corrected chi connectivity index (χ3v) is 12.3. The molecule has 0 saturated heterocycles. The number of fused-ring (bicyclic) bond motifs is 5. The van der Waals surface area contributed by atoms with E-state index in [0.29, 0.717) is 17.1 Å². The number of amides is 4. The number of nitrogens with two attached hydrogens (primary N) is 3. The molecule has 4 aromatic rings. The largest absolute Gasteiger partial charge is 0.492 e. The van der Waals surface area contributed by atoms with Crippen LogP contribution >= 0.6 is 0 Å². The molecule has 12 N–H and O–H groups in total. The molecule has 1 saturated carbocycles. The van der Waals surface area contributed by atoms with Gasteiger partial charge in [-0.2, -0.15) is 0 Å². The van der Waals surface area contributed by atoms with Crippen molar-refractivity contribution in [3.05, 3.63) is 88.7 Å². The molecule has 6 rings (SSSR count). The Bertz CT molecular complexity index is 2500. The average molecular weight is 940 g/mol. The molecule has 6 atom stereocenters. The van der Waals surface area contributed by atoms with E-state index in [1.807, 2.05) is 12.1 Å². The first-order valence-corrected chi connectivity index (χ1v) is 22.3. The van der Waals surface area contributed by atoms with E-state index in [4.69, 9.17) is 31.4 Å². The van der Waals surface area contributed by atoms with Gasteiger partial charge in [0.15, 0.2) is 17.3 Å². The molecule has 4 bridgehead atoms. The molecular weight excluding hydrogens is 879 g/mol. The van der Waals surface area contributed by atoms with Gasteiger partial charge in [-0.15, -0.1) is 0 Å². The van der Waals surface area contributed by atoms with Crippen molar-refractivity contribution in [2.45, 2.75) is 88.2 Å². The van der Waals surface area contributed by atoms with Crippen molar-refractivity contribution >= 4 is 29.6 Å². The quantitative estimate of drug-likeness (QED) is 0.0668. The van der Waals surface area contributed by atoms with Gasteiger partial charge in [0.05, 0.1) is 18.4 Å². The Hall–Kier alpha value is -6.71. The van der Waals surface area contributed by atoms with Gasteiger partial charge in [0.25, 0.3) is 5.91 Å². The van der Waals surface area contributed by atoms with Crippen molar-refractivity contribution in [2.24, 2.45) is 17.2 Å². The lowest BCUT2D eigenvalue weighted by Crippen LogP contribution is -2.55. The fourth-order valence-electron chi connectivity index (χ4n) is 7.85. The van der Waals surface area contributed by atoms with Gasteiger partial charge in [-0.3, -0.25) is 19.2 Å². The predicted octanol–water partition coefficient (Wildman–Crippen LogP) is 0.853. The maximum Gasteiger partial charge on any atom is 0.326 e. The van der Waals surface area contributed by atoms with Gasteiger partial charge in [-0.1, -0.05) is 37.3 Å². The second-order valence-electron chi connectivity index (χ2n) is 17.5. The van der Waals surface area contributed by atoms with E-state index >= 15 is 0 Å². The van der Waals surface area contributed by atoms with Crippen LogP contribution in [0.1, 0.15) is 71.9 Å². The number of aliphatic carboxylic acids is 1. The monoisotopic (exact) mass is 939 g/mol. The summed E-state index contributed by atoms with van der Waals surface area (Å²) in [5.41, 5.74) is 21.1. The normalized spacial score (nSPS) is 18.9. The molecule has 68 heavy (non-hydrogen) atoms. The zero-order valence-electron chi connectivity index (χ0n) is 38.8. The second-order valence-corrected chi connectivity index (χ2v) is 17.5. The highest BCUT2D eigenvalue weighted by atomic mass is 16.5. The van der Waals surface area contributed by atoms with Crippen LogP contribution in [0.5, 0.6) is 17.2 Å². The Morgan fingerprint density at radius 3 is 2.18 bits per heavy atom. The molecular formula is C48H61N9O11. The number of aliphatic hydroxyl groups is 2. The van der Waals surface area contributed by atoms with Gasteiger partial charge in [-0.25, -0.2) is 14.8 Å². The van der Waals surface area contributed by atoms with Gasteiger partial charge >= 0.3 is 5.97 Å². The van der Waals surface area contributed by atoms with E-state index in [0.717, 1.165) is 23.3 Å². The third-order valence-electron chi connectivity index (χ3n) is 12.3. The number of nitrogens with one attached hydrogen (secondary N) is 3. The summed E-state index contributed by atoms with van der Waals surface area (Å²) in [6, 6.07) is 10.0. The molecule has 0 radical (unpaired) electrons. The summed E-state index contributed by atoms with van der Waals surface area (Å²) >= 11 is 0. The van der Waals surface area contributed by atoms with E-state index in [9.17, 15) is 39.3 Å². The van der Waals surface area contributed by atoms with Crippen molar-refractivity contribution < 1.29 is 53.5 Å². The molecule has 4 amide bonds. The number of carbonyl (C=O) groups excluding carboxylic acids is 4. The first kappa shape index (κ1) is 50.7. The number of carbonyl (C=O) groups is 5. The second kappa shape index (κ2) is 21.9. The minimum Gasteiger partial charge on any atom is -0.492 e. The zero-order valence-corrected chi connectivity index (χ0v) is 38.8. The number of carboxylic acid groups (broad SMARTS) is 1. The molecule has 0 unspecified atom stereocenters. The highest BCUT2D eigenvalue weighted by Gasteiger charge is 2.39. The van der Waals surface area contributed by atoms with Gasteiger partial charge in [0, 0.05) is 49.4 Å². The molecule has 1 fully saturated rings. The van der Waals surface area contributed by atoms with Crippen LogP contribution in [0.15, 0.2) is 60.8 Å². The summed E-state index contributed by atoms with van der Waals surface area (Å²) in [5, 5.41) is 38.9. The first-order valence-electron chi connectivity index (χ1n) is 22.3. The Balaban J connectivity index is 1.43.